The molecule has 1 aromatic carbocycles. The van der Waals surface area contributed by atoms with Gasteiger partial charge in [-0.3, -0.25) is 4.84 Å². The van der Waals surface area contributed by atoms with E-state index in [1.54, 1.807) is 0 Å². The van der Waals surface area contributed by atoms with E-state index in [0.29, 0.717) is 11.6 Å². The molecule has 0 fully saturated rings. The molecule has 0 bridgehead atoms. The first-order chi connectivity index (χ1) is 7.83. The topological polar surface area (TPSA) is 55.4 Å². The van der Waals surface area contributed by atoms with Gasteiger partial charge in [-0.15, -0.1) is 0 Å². The monoisotopic (exact) mass is 297 g/mol. The van der Waals surface area contributed by atoms with Gasteiger partial charge in [0.15, 0.2) is 0 Å². The maximum absolute atomic E-state index is 11.7. The summed E-state index contributed by atoms with van der Waals surface area (Å²) < 4.78 is 23.5. The summed E-state index contributed by atoms with van der Waals surface area (Å²) in [6.45, 7) is 4.11. The molecule has 96 valence electrons. The third-order valence-corrected chi connectivity index (χ3v) is 3.74. The van der Waals surface area contributed by atoms with Crippen molar-refractivity contribution in [2.75, 3.05) is 6.61 Å². The van der Waals surface area contributed by atoms with Gasteiger partial charge in [-0.05, 0) is 24.1 Å². The molecule has 4 nitrogen and oxygen atoms in total. The van der Waals surface area contributed by atoms with Crippen LogP contribution in [0.3, 0.4) is 0 Å². The van der Waals surface area contributed by atoms with Crippen molar-refractivity contribution >= 4 is 33.2 Å². The van der Waals surface area contributed by atoms with Crippen LogP contribution in [0.2, 0.25) is 10.0 Å². The quantitative estimate of drug-likeness (QED) is 0.850. The van der Waals surface area contributed by atoms with Crippen LogP contribution in [0.1, 0.15) is 13.8 Å². The average molecular weight is 298 g/mol. The molecule has 0 saturated carbocycles. The van der Waals surface area contributed by atoms with Gasteiger partial charge in [-0.1, -0.05) is 41.9 Å². The zero-order valence-corrected chi connectivity index (χ0v) is 11.7. The van der Waals surface area contributed by atoms with E-state index in [9.17, 15) is 8.42 Å². The van der Waals surface area contributed by atoms with Crippen molar-refractivity contribution in [2.45, 2.75) is 18.7 Å². The summed E-state index contributed by atoms with van der Waals surface area (Å²) in [5.41, 5.74) is 0. The van der Waals surface area contributed by atoms with E-state index < -0.39 is 10.0 Å². The van der Waals surface area contributed by atoms with Crippen molar-refractivity contribution in [2.24, 2.45) is 5.92 Å². The lowest BCUT2D eigenvalue weighted by Crippen LogP contribution is -2.25. The minimum absolute atomic E-state index is 0.00987. The highest BCUT2D eigenvalue weighted by Crippen LogP contribution is 2.24. The number of nitrogens with one attached hydrogen (secondary N) is 1. The highest BCUT2D eigenvalue weighted by Gasteiger charge is 2.15. The Kier molecular flexibility index (Phi) is 5.22. The van der Waals surface area contributed by atoms with Crippen LogP contribution in [0, 0.1) is 5.92 Å². The zero-order valence-electron chi connectivity index (χ0n) is 9.41. The van der Waals surface area contributed by atoms with Crippen LogP contribution >= 0.6 is 23.2 Å². The molecule has 0 amide bonds. The first-order valence-corrected chi connectivity index (χ1v) is 7.15. The molecule has 17 heavy (non-hydrogen) atoms. The molecule has 1 rings (SSSR count). The molecule has 0 radical (unpaired) electrons. The summed E-state index contributed by atoms with van der Waals surface area (Å²) in [7, 11) is -3.71. The lowest BCUT2D eigenvalue weighted by atomic mass is 10.2. The normalized spacial score (nSPS) is 12.1. The van der Waals surface area contributed by atoms with Crippen LogP contribution in [0.25, 0.3) is 0 Å². The van der Waals surface area contributed by atoms with Gasteiger partial charge in [0, 0.05) is 0 Å². The number of hydrogen-bond donors (Lipinski definition) is 1. The number of rotatable bonds is 5. The molecule has 0 heterocycles. The third-order valence-electron chi connectivity index (χ3n) is 1.79. The van der Waals surface area contributed by atoms with Crippen molar-refractivity contribution in [1.29, 1.82) is 0 Å². The smallest absolute Gasteiger partial charge is 0.262 e. The molecule has 1 N–H and O–H groups in total. The Balaban J connectivity index is 2.79. The van der Waals surface area contributed by atoms with E-state index >= 15 is 0 Å². The predicted molar refractivity (Wildman–Crippen MR) is 67.6 cm³/mol. The standard InChI is InChI=1S/C10H13Cl2NO3S/c1-7(2)6-16-13-17(14,15)8-3-4-9(11)10(12)5-8/h3-5,7,13H,6H2,1-2H3. The third kappa shape index (κ3) is 4.44. The fourth-order valence-corrected chi connectivity index (χ4v) is 2.17. The highest BCUT2D eigenvalue weighted by atomic mass is 35.5. The first kappa shape index (κ1) is 14.7. The number of sulfonamides is 1. The van der Waals surface area contributed by atoms with Gasteiger partial charge in [-0.2, -0.15) is 0 Å². The molecule has 0 aromatic heterocycles. The van der Waals surface area contributed by atoms with Gasteiger partial charge in [0.2, 0.25) is 0 Å². The van der Waals surface area contributed by atoms with Gasteiger partial charge in [0.1, 0.15) is 0 Å². The van der Waals surface area contributed by atoms with Gasteiger partial charge in [-0.25, -0.2) is 8.42 Å². The Morgan fingerprint density at radius 1 is 1.29 bits per heavy atom. The predicted octanol–water partition coefficient (Wildman–Crippen LogP) is 2.86. The average Bonchev–Trinajstić information content (AvgIpc) is 2.21. The summed E-state index contributed by atoms with van der Waals surface area (Å²) in [6.07, 6.45) is 0. The Labute approximate surface area is 111 Å². The van der Waals surface area contributed by atoms with Crippen molar-refractivity contribution < 1.29 is 13.3 Å². The van der Waals surface area contributed by atoms with E-state index in [4.69, 9.17) is 28.0 Å². The van der Waals surface area contributed by atoms with Crippen LogP contribution in [0.5, 0.6) is 0 Å². The molecular formula is C10H13Cl2NO3S. The van der Waals surface area contributed by atoms with Crippen molar-refractivity contribution in [3.05, 3.63) is 28.2 Å². The van der Waals surface area contributed by atoms with Crippen LogP contribution in [0.4, 0.5) is 0 Å². The minimum atomic E-state index is -3.71. The largest absolute Gasteiger partial charge is 0.287 e. The van der Waals surface area contributed by atoms with Crippen LogP contribution in [-0.4, -0.2) is 15.0 Å². The molecular weight excluding hydrogens is 285 g/mol. The molecule has 1 aromatic rings. The molecule has 0 spiro atoms. The summed E-state index contributed by atoms with van der Waals surface area (Å²) in [6, 6.07) is 4.04. The number of halogens is 2. The second-order valence-corrected chi connectivity index (χ2v) is 6.33. The zero-order chi connectivity index (χ0) is 13.1. The van der Waals surface area contributed by atoms with Gasteiger partial charge < -0.3 is 0 Å². The van der Waals surface area contributed by atoms with Crippen LogP contribution in [-0.2, 0) is 14.9 Å². The Hall–Kier alpha value is -0.330. The fourth-order valence-electron chi connectivity index (χ4n) is 0.970. The maximum Gasteiger partial charge on any atom is 0.262 e. The lowest BCUT2D eigenvalue weighted by Gasteiger charge is -2.09. The molecule has 0 saturated heterocycles. The molecule has 0 atom stereocenters. The Bertz CT molecular complexity index is 488. The Morgan fingerprint density at radius 2 is 1.94 bits per heavy atom. The molecule has 0 aliphatic carbocycles. The Morgan fingerprint density at radius 3 is 2.47 bits per heavy atom. The highest BCUT2D eigenvalue weighted by molar-refractivity contribution is 7.89. The summed E-state index contributed by atoms with van der Waals surface area (Å²) in [5.74, 6) is 0.228. The SMILES string of the molecule is CC(C)CONS(=O)(=O)c1ccc(Cl)c(Cl)c1. The second kappa shape index (κ2) is 6.02. The summed E-state index contributed by atoms with van der Waals surface area (Å²) in [4.78, 5) is 6.90. The van der Waals surface area contributed by atoms with Crippen molar-refractivity contribution in [1.82, 2.24) is 4.89 Å². The molecule has 7 heteroatoms. The van der Waals surface area contributed by atoms with E-state index in [-0.39, 0.29) is 15.8 Å². The number of hydrogen-bond acceptors (Lipinski definition) is 3. The maximum atomic E-state index is 11.7. The van der Waals surface area contributed by atoms with Crippen molar-refractivity contribution in [3.63, 3.8) is 0 Å². The minimum Gasteiger partial charge on any atom is -0.287 e. The molecule has 0 aliphatic rings. The first-order valence-electron chi connectivity index (χ1n) is 4.91. The van der Waals surface area contributed by atoms with E-state index in [1.165, 1.54) is 18.2 Å². The van der Waals surface area contributed by atoms with Crippen LogP contribution < -0.4 is 4.89 Å². The number of benzene rings is 1. The van der Waals surface area contributed by atoms with Gasteiger partial charge in [0.25, 0.3) is 10.0 Å². The second-order valence-electron chi connectivity index (χ2n) is 3.87. The molecule has 0 unspecified atom stereocenters. The lowest BCUT2D eigenvalue weighted by molar-refractivity contribution is 0.0719. The van der Waals surface area contributed by atoms with Gasteiger partial charge in [0.05, 0.1) is 21.5 Å². The molecule has 0 aliphatic heterocycles. The van der Waals surface area contributed by atoms with E-state index in [0.717, 1.165) is 0 Å². The fraction of sp³-hybridized carbons (Fsp3) is 0.400. The summed E-state index contributed by atoms with van der Waals surface area (Å²) >= 11 is 11.4. The van der Waals surface area contributed by atoms with E-state index in [2.05, 4.69) is 0 Å². The van der Waals surface area contributed by atoms with Gasteiger partial charge >= 0.3 is 0 Å². The van der Waals surface area contributed by atoms with Crippen LogP contribution in [0.15, 0.2) is 23.1 Å². The van der Waals surface area contributed by atoms with Crippen molar-refractivity contribution in [3.8, 4) is 0 Å². The summed E-state index contributed by atoms with van der Waals surface area (Å²) in [5, 5.41) is 0.479. The van der Waals surface area contributed by atoms with E-state index in [1.807, 2.05) is 18.7 Å².